The van der Waals surface area contributed by atoms with Crippen molar-refractivity contribution in [2.75, 3.05) is 0 Å². The summed E-state index contributed by atoms with van der Waals surface area (Å²) < 4.78 is 28.9. The first-order valence-electron chi connectivity index (χ1n) is 5.82. The number of carbonyl (C=O) groups is 1. The molecule has 0 heterocycles. The van der Waals surface area contributed by atoms with Crippen LogP contribution in [-0.4, -0.2) is 18.9 Å². The molecule has 0 radical (unpaired) electrons. The van der Waals surface area contributed by atoms with E-state index in [0.717, 1.165) is 11.0 Å². The lowest BCUT2D eigenvalue weighted by Crippen LogP contribution is -2.16. The largest absolute Gasteiger partial charge is 0.366 e. The number of hydrogen-bond acceptors (Lipinski definition) is 3. The third kappa shape index (κ3) is 9.07. The van der Waals surface area contributed by atoms with Crippen molar-refractivity contribution in [1.82, 2.24) is 0 Å². The lowest BCUT2D eigenvalue weighted by Gasteiger charge is -2.01. The summed E-state index contributed by atoms with van der Waals surface area (Å²) in [5.74, 6) is -0.229. The predicted molar refractivity (Wildman–Crippen MR) is 80.2 cm³/mol. The van der Waals surface area contributed by atoms with Crippen molar-refractivity contribution in [2.24, 2.45) is 11.7 Å². The fourth-order valence-electron chi connectivity index (χ4n) is 1.01. The molecule has 110 valence electrons. The molecule has 0 aliphatic heterocycles. The summed E-state index contributed by atoms with van der Waals surface area (Å²) in [6.07, 6.45) is 1.33. The maximum atomic E-state index is 10.3. The van der Waals surface area contributed by atoms with E-state index < -0.39 is 16.0 Å². The molecule has 0 fully saturated rings. The third-order valence-corrected chi connectivity index (χ3v) is 2.73. The summed E-state index contributed by atoms with van der Waals surface area (Å²) in [6.45, 7) is 7.24. The number of benzene rings is 1. The van der Waals surface area contributed by atoms with Crippen molar-refractivity contribution in [3.8, 4) is 0 Å². The molecular formula is C14H19NO4S. The molecule has 1 rings (SSSR count). The van der Waals surface area contributed by atoms with Crippen LogP contribution in [0.15, 0.2) is 47.9 Å². The number of nitrogens with two attached hydrogens (primary N) is 1. The predicted octanol–water partition coefficient (Wildman–Crippen LogP) is 2.23. The van der Waals surface area contributed by atoms with Gasteiger partial charge in [0.2, 0.25) is 5.91 Å². The Morgan fingerprint density at radius 2 is 1.80 bits per heavy atom. The van der Waals surface area contributed by atoms with Gasteiger partial charge in [-0.2, -0.15) is 8.42 Å². The Morgan fingerprint density at radius 3 is 2.10 bits per heavy atom. The summed E-state index contributed by atoms with van der Waals surface area (Å²) in [5.41, 5.74) is 6.12. The number of primary amides is 1. The smallest absolute Gasteiger partial charge is 0.287 e. The van der Waals surface area contributed by atoms with E-state index in [9.17, 15) is 13.2 Å². The molecule has 0 spiro atoms. The van der Waals surface area contributed by atoms with E-state index in [0.29, 0.717) is 5.57 Å². The molecule has 0 aliphatic rings. The number of hydrogen-bond donors (Lipinski definition) is 2. The van der Waals surface area contributed by atoms with Gasteiger partial charge in [-0.25, -0.2) is 0 Å². The van der Waals surface area contributed by atoms with E-state index in [1.165, 1.54) is 6.08 Å². The van der Waals surface area contributed by atoms with Crippen molar-refractivity contribution in [3.63, 3.8) is 0 Å². The molecule has 0 bridgehead atoms. The van der Waals surface area contributed by atoms with Gasteiger partial charge in [0, 0.05) is 5.57 Å². The molecule has 0 aromatic heterocycles. The second-order valence-corrected chi connectivity index (χ2v) is 5.57. The average molecular weight is 297 g/mol. The van der Waals surface area contributed by atoms with Crippen LogP contribution in [0.1, 0.15) is 19.4 Å². The van der Waals surface area contributed by atoms with Gasteiger partial charge < -0.3 is 5.73 Å². The molecule has 5 nitrogen and oxygen atoms in total. The van der Waals surface area contributed by atoms with Crippen molar-refractivity contribution in [2.45, 2.75) is 13.8 Å². The van der Waals surface area contributed by atoms with Gasteiger partial charge in [-0.05, 0) is 17.6 Å². The third-order valence-electron chi connectivity index (χ3n) is 2.25. The molecule has 3 N–H and O–H groups in total. The van der Waals surface area contributed by atoms with Gasteiger partial charge in [0.05, 0.1) is 5.41 Å². The molecule has 1 amide bonds. The number of carbonyl (C=O) groups excluding carboxylic acids is 1. The zero-order valence-corrected chi connectivity index (χ0v) is 12.3. The fraction of sp³-hybridized carbons (Fsp3) is 0.214. The molecular weight excluding hydrogens is 278 g/mol. The zero-order chi connectivity index (χ0) is 15.8. The quantitative estimate of drug-likeness (QED) is 0.657. The highest BCUT2D eigenvalue weighted by atomic mass is 32.2. The molecule has 6 heteroatoms. The molecule has 1 aromatic carbocycles. The molecule has 1 aromatic rings. The van der Waals surface area contributed by atoms with Crippen LogP contribution in [0, 0.1) is 5.92 Å². The van der Waals surface area contributed by atoms with Gasteiger partial charge in [-0.3, -0.25) is 9.35 Å². The first-order valence-corrected chi connectivity index (χ1v) is 7.33. The summed E-state index contributed by atoms with van der Waals surface area (Å²) in [4.78, 5) is 10.3. The highest BCUT2D eigenvalue weighted by Gasteiger charge is 2.04. The maximum absolute atomic E-state index is 10.3. The SMILES string of the molecule is C=C(C(N)=O)C(C)C.O=S(=O)(O)C=Cc1ccccc1. The summed E-state index contributed by atoms with van der Waals surface area (Å²) in [5, 5.41) is 0.752. The summed E-state index contributed by atoms with van der Waals surface area (Å²) in [7, 11) is -4.00. The molecule has 0 unspecified atom stereocenters. The Labute approximate surface area is 119 Å². The summed E-state index contributed by atoms with van der Waals surface area (Å²) in [6, 6.07) is 8.86. The van der Waals surface area contributed by atoms with E-state index in [2.05, 4.69) is 6.58 Å². The first-order chi connectivity index (χ1) is 9.13. The van der Waals surface area contributed by atoms with Crippen molar-refractivity contribution in [3.05, 3.63) is 53.5 Å². The highest BCUT2D eigenvalue weighted by molar-refractivity contribution is 7.88. The van der Waals surface area contributed by atoms with Crippen LogP contribution in [0.5, 0.6) is 0 Å². The van der Waals surface area contributed by atoms with Crippen LogP contribution < -0.4 is 5.73 Å². The first kappa shape index (κ1) is 18.1. The second-order valence-electron chi connectivity index (χ2n) is 4.27. The fourth-order valence-corrected chi connectivity index (χ4v) is 1.34. The second kappa shape index (κ2) is 8.29. The van der Waals surface area contributed by atoms with Gasteiger partial charge in [0.25, 0.3) is 10.1 Å². The van der Waals surface area contributed by atoms with Crippen molar-refractivity contribution in [1.29, 1.82) is 0 Å². The van der Waals surface area contributed by atoms with Crippen molar-refractivity contribution >= 4 is 22.1 Å². The number of amides is 1. The minimum atomic E-state index is -4.00. The van der Waals surface area contributed by atoms with E-state index in [1.54, 1.807) is 24.3 Å². The van der Waals surface area contributed by atoms with Gasteiger partial charge in [-0.15, -0.1) is 0 Å². The van der Waals surface area contributed by atoms with Crippen LogP contribution in [0.25, 0.3) is 6.08 Å². The van der Waals surface area contributed by atoms with Crippen LogP contribution in [0.4, 0.5) is 0 Å². The Morgan fingerprint density at radius 1 is 1.30 bits per heavy atom. The molecule has 0 saturated heterocycles. The Balaban J connectivity index is 0.000000396. The zero-order valence-electron chi connectivity index (χ0n) is 11.5. The maximum Gasteiger partial charge on any atom is 0.287 e. The monoisotopic (exact) mass is 297 g/mol. The van der Waals surface area contributed by atoms with Crippen LogP contribution in [-0.2, 0) is 14.9 Å². The average Bonchev–Trinajstić information content (AvgIpc) is 2.36. The lowest BCUT2D eigenvalue weighted by molar-refractivity contribution is -0.114. The Kier molecular flexibility index (Phi) is 7.49. The van der Waals surface area contributed by atoms with E-state index in [-0.39, 0.29) is 5.92 Å². The van der Waals surface area contributed by atoms with Crippen molar-refractivity contribution < 1.29 is 17.8 Å². The molecule has 0 saturated carbocycles. The van der Waals surface area contributed by atoms with E-state index >= 15 is 0 Å². The minimum absolute atomic E-state index is 0.174. The van der Waals surface area contributed by atoms with Crippen LogP contribution in [0.3, 0.4) is 0 Å². The molecule has 0 aliphatic carbocycles. The van der Waals surface area contributed by atoms with Gasteiger partial charge in [-0.1, -0.05) is 50.8 Å². The summed E-state index contributed by atoms with van der Waals surface area (Å²) >= 11 is 0. The standard InChI is InChI=1S/C8H8O3S.C6H11NO/c9-12(10,11)7-6-8-4-2-1-3-5-8;1-4(2)5(3)6(7)8/h1-7H,(H,9,10,11);4H,3H2,1-2H3,(H2,7,8). The lowest BCUT2D eigenvalue weighted by atomic mass is 10.1. The topological polar surface area (TPSA) is 97.5 Å². The Hall–Kier alpha value is -1.92. The molecule has 0 atom stereocenters. The number of rotatable bonds is 4. The van der Waals surface area contributed by atoms with Gasteiger partial charge in [0.1, 0.15) is 0 Å². The molecule has 20 heavy (non-hydrogen) atoms. The van der Waals surface area contributed by atoms with Gasteiger partial charge >= 0.3 is 0 Å². The van der Waals surface area contributed by atoms with E-state index in [4.69, 9.17) is 10.3 Å². The normalized spacial score (nSPS) is 11.0. The van der Waals surface area contributed by atoms with Crippen LogP contribution in [0.2, 0.25) is 0 Å². The highest BCUT2D eigenvalue weighted by Crippen LogP contribution is 2.03. The van der Waals surface area contributed by atoms with E-state index in [1.807, 2.05) is 19.9 Å². The van der Waals surface area contributed by atoms with Gasteiger partial charge in [0.15, 0.2) is 0 Å². The minimum Gasteiger partial charge on any atom is -0.366 e. The van der Waals surface area contributed by atoms with Crippen LogP contribution >= 0.6 is 0 Å². The Bertz CT molecular complexity index is 574.